The van der Waals surface area contributed by atoms with Crippen LogP contribution in [0.25, 0.3) is 0 Å². The first kappa shape index (κ1) is 29.7. The summed E-state index contributed by atoms with van der Waals surface area (Å²) in [6.07, 6.45) is 4.43. The Morgan fingerprint density at radius 2 is 1.97 bits per heavy atom. The zero-order chi connectivity index (χ0) is 24.9. The molecule has 4 atom stereocenters. The second-order valence-corrected chi connectivity index (χ2v) is 11.5. The van der Waals surface area contributed by atoms with Crippen LogP contribution in [-0.2, 0) is 37.5 Å². The van der Waals surface area contributed by atoms with Crippen molar-refractivity contribution < 1.29 is 37.5 Å². The number of esters is 1. The molecule has 2 N–H and O–H groups in total. The number of hydrogen-bond donors (Lipinski definition) is 2. The number of hydrogen-bond acceptors (Lipinski definition) is 11. The molecule has 0 saturated carbocycles. The van der Waals surface area contributed by atoms with Gasteiger partial charge in [0.15, 0.2) is 5.62 Å². The second-order valence-electron chi connectivity index (χ2n) is 7.33. The van der Waals surface area contributed by atoms with Gasteiger partial charge in [-0.15, -0.1) is 11.8 Å². The molecule has 188 valence electrons. The molecule has 1 aliphatic rings. The topological polar surface area (TPSA) is 140 Å². The van der Waals surface area contributed by atoms with Gasteiger partial charge in [0, 0.05) is 30.3 Å². The maximum atomic E-state index is 13.2. The second kappa shape index (κ2) is 15.5. The van der Waals surface area contributed by atoms with Gasteiger partial charge in [-0.25, -0.2) is 9.65 Å². The minimum atomic E-state index is -3.85. The molecule has 1 rings (SSSR count). The molecule has 0 aromatic rings. The number of amides is 2. The van der Waals surface area contributed by atoms with Gasteiger partial charge in [-0.2, -0.15) is 0 Å². The fraction of sp³-hybridized carbons (Fsp3) is 0.684. The highest BCUT2D eigenvalue weighted by Gasteiger charge is 2.34. The number of ether oxygens (including phenoxy) is 1. The lowest BCUT2D eigenvalue weighted by Gasteiger charge is -2.25. The Labute approximate surface area is 202 Å². The molecule has 0 aromatic carbocycles. The first-order chi connectivity index (χ1) is 15.6. The lowest BCUT2D eigenvalue weighted by atomic mass is 10.2. The van der Waals surface area contributed by atoms with E-state index in [1.165, 1.54) is 13.0 Å². The van der Waals surface area contributed by atoms with Crippen molar-refractivity contribution in [3.63, 3.8) is 0 Å². The van der Waals surface area contributed by atoms with Gasteiger partial charge >= 0.3 is 13.7 Å². The standard InChI is InChI=1S/C19H32N3O8PS2/c1-14(2)30-19(26)15(3)21-31(27,28-9-10-32-13-24)29-11-16-5-6-18(33-16)22(4)8-7-17(25)20-12-23/h7-8,12-16,18H,5-6,9-11H2,1-4H3,(H,21,27)(H,20,23,25)/b8-7-/t15?,16?,18?,31-/m0/s1. The molecule has 1 heterocycles. The van der Waals surface area contributed by atoms with Crippen LogP contribution >= 0.6 is 31.3 Å². The Balaban J connectivity index is 2.66. The van der Waals surface area contributed by atoms with Crippen molar-refractivity contribution in [2.45, 2.75) is 56.4 Å². The lowest BCUT2D eigenvalue weighted by molar-refractivity contribution is -0.149. The molecule has 1 saturated heterocycles. The highest BCUT2D eigenvalue weighted by molar-refractivity contribution is 8.11. The van der Waals surface area contributed by atoms with E-state index in [-0.39, 0.29) is 29.9 Å². The van der Waals surface area contributed by atoms with Crippen molar-refractivity contribution in [1.29, 1.82) is 0 Å². The van der Waals surface area contributed by atoms with Crippen molar-refractivity contribution in [2.75, 3.05) is 26.0 Å². The van der Waals surface area contributed by atoms with E-state index in [9.17, 15) is 23.7 Å². The van der Waals surface area contributed by atoms with E-state index in [2.05, 4.69) is 5.09 Å². The Kier molecular flexibility index (Phi) is 13.9. The molecule has 0 bridgehead atoms. The van der Waals surface area contributed by atoms with Crippen LogP contribution in [0.1, 0.15) is 33.6 Å². The van der Waals surface area contributed by atoms with Crippen LogP contribution in [0.5, 0.6) is 0 Å². The first-order valence-corrected chi connectivity index (χ1v) is 13.9. The molecule has 1 aliphatic heterocycles. The zero-order valence-electron chi connectivity index (χ0n) is 19.1. The summed E-state index contributed by atoms with van der Waals surface area (Å²) >= 11 is 2.57. The van der Waals surface area contributed by atoms with Crippen LogP contribution < -0.4 is 10.4 Å². The van der Waals surface area contributed by atoms with Gasteiger partial charge in [-0.05, 0) is 33.6 Å². The molecule has 0 aromatic heterocycles. The maximum absolute atomic E-state index is 13.2. The van der Waals surface area contributed by atoms with Crippen molar-refractivity contribution >= 4 is 55.2 Å². The SMILES string of the molecule is CC(C)OC(=O)C(C)N[P@](=O)(OCCSC=O)OCC1CCC(N(C)/C=C\C(=O)NC=O)S1. The number of carbonyl (C=O) groups is 4. The summed E-state index contributed by atoms with van der Waals surface area (Å²) < 4.78 is 29.4. The average Bonchev–Trinajstić information content (AvgIpc) is 3.23. The third-order valence-electron chi connectivity index (χ3n) is 4.22. The fourth-order valence-corrected chi connectivity index (χ4v) is 6.08. The quantitative estimate of drug-likeness (QED) is 0.1000. The van der Waals surface area contributed by atoms with Crippen molar-refractivity contribution in [1.82, 2.24) is 15.3 Å². The summed E-state index contributed by atoms with van der Waals surface area (Å²) in [5, 5.41) is 4.72. The molecular formula is C19H32N3O8PS2. The zero-order valence-corrected chi connectivity index (χ0v) is 21.7. The number of rotatable bonds is 16. The van der Waals surface area contributed by atoms with Gasteiger partial charge < -0.3 is 9.64 Å². The number of imide groups is 1. The van der Waals surface area contributed by atoms with E-state index in [0.29, 0.717) is 17.8 Å². The summed E-state index contributed by atoms with van der Waals surface area (Å²) in [5.41, 5.74) is 0.661. The van der Waals surface area contributed by atoms with Gasteiger partial charge in [0.1, 0.15) is 6.04 Å². The van der Waals surface area contributed by atoms with E-state index < -0.39 is 25.7 Å². The van der Waals surface area contributed by atoms with E-state index in [4.69, 9.17) is 13.8 Å². The average molecular weight is 526 g/mol. The molecule has 1 fully saturated rings. The number of nitrogens with one attached hydrogen (secondary N) is 2. The van der Waals surface area contributed by atoms with Gasteiger partial charge in [-0.1, -0.05) is 11.8 Å². The smallest absolute Gasteiger partial charge is 0.406 e. The van der Waals surface area contributed by atoms with Crippen LogP contribution in [0.4, 0.5) is 0 Å². The number of nitrogens with zero attached hydrogens (tertiary/aromatic N) is 1. The minimum Gasteiger partial charge on any atom is -0.462 e. The van der Waals surface area contributed by atoms with Gasteiger partial charge in [-0.3, -0.25) is 33.5 Å². The van der Waals surface area contributed by atoms with E-state index in [1.807, 2.05) is 17.3 Å². The fourth-order valence-electron chi connectivity index (χ4n) is 2.67. The Morgan fingerprint density at radius 1 is 1.24 bits per heavy atom. The minimum absolute atomic E-state index is 0.00352. The molecule has 2 amide bonds. The summed E-state index contributed by atoms with van der Waals surface area (Å²) in [6, 6.07) is -0.922. The summed E-state index contributed by atoms with van der Waals surface area (Å²) in [7, 11) is -2.04. The van der Waals surface area contributed by atoms with E-state index >= 15 is 0 Å². The molecule has 3 unspecified atom stereocenters. The first-order valence-electron chi connectivity index (χ1n) is 10.3. The van der Waals surface area contributed by atoms with Crippen molar-refractivity contribution in [2.24, 2.45) is 0 Å². The largest absolute Gasteiger partial charge is 0.462 e. The molecule has 33 heavy (non-hydrogen) atoms. The summed E-state index contributed by atoms with van der Waals surface area (Å²) in [5.74, 6) is -0.804. The Morgan fingerprint density at radius 3 is 2.61 bits per heavy atom. The lowest BCUT2D eigenvalue weighted by Crippen LogP contribution is -2.36. The van der Waals surface area contributed by atoms with Gasteiger partial charge in [0.05, 0.1) is 24.7 Å². The summed E-state index contributed by atoms with van der Waals surface area (Å²) in [4.78, 5) is 46.1. The van der Waals surface area contributed by atoms with Crippen LogP contribution in [0, 0.1) is 0 Å². The number of thioether (sulfide) groups is 2. The molecular weight excluding hydrogens is 493 g/mol. The van der Waals surface area contributed by atoms with Crippen LogP contribution in [0.3, 0.4) is 0 Å². The molecule has 11 nitrogen and oxygen atoms in total. The highest BCUT2D eigenvalue weighted by Crippen LogP contribution is 2.46. The normalized spacial score (nSPS) is 20.9. The van der Waals surface area contributed by atoms with Crippen LogP contribution in [-0.4, -0.2) is 77.6 Å². The third kappa shape index (κ3) is 12.1. The molecule has 0 spiro atoms. The monoisotopic (exact) mass is 525 g/mol. The van der Waals surface area contributed by atoms with E-state index in [0.717, 1.165) is 24.6 Å². The van der Waals surface area contributed by atoms with Gasteiger partial charge in [0.2, 0.25) is 6.41 Å². The maximum Gasteiger partial charge on any atom is 0.406 e. The van der Waals surface area contributed by atoms with Crippen molar-refractivity contribution in [3.8, 4) is 0 Å². The predicted octanol–water partition coefficient (Wildman–Crippen LogP) is 1.92. The summed E-state index contributed by atoms with van der Waals surface area (Å²) in [6.45, 7) is 5.04. The van der Waals surface area contributed by atoms with Crippen molar-refractivity contribution in [3.05, 3.63) is 12.3 Å². The van der Waals surface area contributed by atoms with Crippen LogP contribution in [0.2, 0.25) is 0 Å². The van der Waals surface area contributed by atoms with Gasteiger partial charge in [0.25, 0.3) is 5.91 Å². The highest BCUT2D eigenvalue weighted by atomic mass is 32.2. The Bertz CT molecular complexity index is 740. The molecule has 0 aliphatic carbocycles. The van der Waals surface area contributed by atoms with E-state index in [1.54, 1.807) is 31.8 Å². The van der Waals surface area contributed by atoms with Crippen LogP contribution in [0.15, 0.2) is 12.3 Å². The third-order valence-corrected chi connectivity index (χ3v) is 8.11. The predicted molar refractivity (Wildman–Crippen MR) is 128 cm³/mol. The Hall–Kier alpha value is -1.37. The number of carbonyl (C=O) groups excluding carboxylic acids is 4. The molecule has 0 radical (unpaired) electrons. The molecule has 14 heteroatoms.